The molecule has 2 aromatic rings. The predicted molar refractivity (Wildman–Crippen MR) is 99.1 cm³/mol. The summed E-state index contributed by atoms with van der Waals surface area (Å²) in [6.45, 7) is 3.25. The summed E-state index contributed by atoms with van der Waals surface area (Å²) in [7, 11) is 1.26. The molecule has 1 heterocycles. The molecule has 2 atom stereocenters. The summed E-state index contributed by atoms with van der Waals surface area (Å²) in [6.07, 6.45) is 0.682. The number of nitrogens with zero attached hydrogens (tertiary/aromatic N) is 1. The van der Waals surface area contributed by atoms with Gasteiger partial charge in [0.2, 0.25) is 0 Å². The van der Waals surface area contributed by atoms with Crippen LogP contribution in [0.25, 0.3) is 11.1 Å². The summed E-state index contributed by atoms with van der Waals surface area (Å²) < 4.78 is 15.1. The number of carbonyl (C=O) groups excluding carboxylic acids is 3. The number of esters is 2. The SMILES string of the molecule is CC[C@H](C)[C@@H](NC(=O)COC(=O)CSc1nc2ccccc2o1)C(=O)OC. The van der Waals surface area contributed by atoms with Crippen molar-refractivity contribution in [1.82, 2.24) is 10.3 Å². The Morgan fingerprint density at radius 1 is 1.30 bits per heavy atom. The van der Waals surface area contributed by atoms with E-state index in [-0.39, 0.29) is 11.7 Å². The van der Waals surface area contributed by atoms with Crippen molar-refractivity contribution in [2.75, 3.05) is 19.5 Å². The number of amides is 1. The zero-order chi connectivity index (χ0) is 19.8. The fourth-order valence-electron chi connectivity index (χ4n) is 2.23. The molecule has 27 heavy (non-hydrogen) atoms. The van der Waals surface area contributed by atoms with Gasteiger partial charge in [-0.2, -0.15) is 0 Å². The van der Waals surface area contributed by atoms with E-state index in [0.717, 1.165) is 11.8 Å². The van der Waals surface area contributed by atoms with Crippen molar-refractivity contribution in [3.05, 3.63) is 24.3 Å². The molecule has 9 heteroatoms. The van der Waals surface area contributed by atoms with Gasteiger partial charge in [0.25, 0.3) is 11.1 Å². The second kappa shape index (κ2) is 9.96. The number of fused-ring (bicyclic) bond motifs is 1. The molecule has 0 saturated carbocycles. The van der Waals surface area contributed by atoms with Crippen LogP contribution in [-0.2, 0) is 23.9 Å². The van der Waals surface area contributed by atoms with Crippen LogP contribution in [-0.4, -0.2) is 48.3 Å². The van der Waals surface area contributed by atoms with Gasteiger partial charge >= 0.3 is 11.9 Å². The fourth-order valence-corrected chi connectivity index (χ4v) is 2.87. The van der Waals surface area contributed by atoms with Crippen molar-refractivity contribution in [3.8, 4) is 0 Å². The zero-order valence-corrected chi connectivity index (χ0v) is 16.2. The van der Waals surface area contributed by atoms with Gasteiger partial charge in [-0.3, -0.25) is 9.59 Å². The third kappa shape index (κ3) is 5.99. The summed E-state index contributed by atoms with van der Waals surface area (Å²) in [6, 6.07) is 6.48. The quantitative estimate of drug-likeness (QED) is 0.509. The molecule has 8 nitrogen and oxygen atoms in total. The molecule has 1 amide bonds. The minimum absolute atomic E-state index is 0.0497. The smallest absolute Gasteiger partial charge is 0.328 e. The van der Waals surface area contributed by atoms with Gasteiger partial charge in [0.05, 0.1) is 7.11 Å². The topological polar surface area (TPSA) is 108 Å². The van der Waals surface area contributed by atoms with Crippen molar-refractivity contribution >= 4 is 40.7 Å². The highest BCUT2D eigenvalue weighted by molar-refractivity contribution is 7.99. The first kappa shape index (κ1) is 20.8. The van der Waals surface area contributed by atoms with Gasteiger partial charge in [-0.1, -0.05) is 44.2 Å². The van der Waals surface area contributed by atoms with Crippen molar-refractivity contribution < 1.29 is 28.3 Å². The lowest BCUT2D eigenvalue weighted by molar-refractivity contribution is -0.149. The van der Waals surface area contributed by atoms with Gasteiger partial charge in [0.1, 0.15) is 17.3 Å². The van der Waals surface area contributed by atoms with E-state index < -0.39 is 30.5 Å². The van der Waals surface area contributed by atoms with Gasteiger partial charge in [0, 0.05) is 0 Å². The second-order valence-electron chi connectivity index (χ2n) is 5.85. The molecule has 0 aliphatic rings. The van der Waals surface area contributed by atoms with Gasteiger partial charge in [-0.25, -0.2) is 9.78 Å². The number of thioether (sulfide) groups is 1. The summed E-state index contributed by atoms with van der Waals surface area (Å²) in [4.78, 5) is 39.8. The molecule has 0 radical (unpaired) electrons. The Balaban J connectivity index is 1.78. The van der Waals surface area contributed by atoms with E-state index in [4.69, 9.17) is 13.9 Å². The van der Waals surface area contributed by atoms with Gasteiger partial charge < -0.3 is 19.2 Å². The summed E-state index contributed by atoms with van der Waals surface area (Å²) in [5.74, 6) is -1.84. The number of rotatable bonds is 9. The third-order valence-corrected chi connectivity index (χ3v) is 4.74. The Hall–Kier alpha value is -2.55. The standard InChI is InChI=1S/C18H22N2O6S/c1-4-11(2)16(17(23)24-3)20-14(21)9-25-15(22)10-27-18-19-12-7-5-6-8-13(12)26-18/h5-8,11,16H,4,9-10H2,1-3H3,(H,20,21)/t11-,16+/m0/s1. The molecule has 1 aromatic heterocycles. The van der Waals surface area contributed by atoms with E-state index in [9.17, 15) is 14.4 Å². The Bertz CT molecular complexity index is 773. The molecule has 0 unspecified atom stereocenters. The maximum Gasteiger partial charge on any atom is 0.328 e. The minimum Gasteiger partial charge on any atom is -0.467 e. The lowest BCUT2D eigenvalue weighted by Gasteiger charge is -2.21. The maximum absolute atomic E-state index is 12.0. The normalized spacial score (nSPS) is 13.0. The van der Waals surface area contributed by atoms with Crippen LogP contribution in [0.2, 0.25) is 0 Å². The number of oxazole rings is 1. The number of aromatic nitrogens is 1. The van der Waals surface area contributed by atoms with Crippen molar-refractivity contribution in [1.29, 1.82) is 0 Å². The Labute approximate surface area is 161 Å². The average molecular weight is 394 g/mol. The maximum atomic E-state index is 12.0. The largest absolute Gasteiger partial charge is 0.467 e. The van der Waals surface area contributed by atoms with E-state index in [1.165, 1.54) is 7.11 Å². The number of nitrogens with one attached hydrogen (secondary N) is 1. The van der Waals surface area contributed by atoms with E-state index in [1.54, 1.807) is 12.1 Å². The summed E-state index contributed by atoms with van der Waals surface area (Å²) in [5.41, 5.74) is 1.33. The first-order valence-corrected chi connectivity index (χ1v) is 9.44. The third-order valence-electron chi connectivity index (χ3n) is 3.94. The molecule has 146 valence electrons. The molecule has 1 aromatic carbocycles. The highest BCUT2D eigenvalue weighted by Gasteiger charge is 2.27. The first-order chi connectivity index (χ1) is 12.9. The Kier molecular flexibility index (Phi) is 7.66. The van der Waals surface area contributed by atoms with Crippen LogP contribution in [0.4, 0.5) is 0 Å². The summed E-state index contributed by atoms with van der Waals surface area (Å²) in [5, 5.41) is 2.88. The molecule has 0 saturated heterocycles. The minimum atomic E-state index is -0.777. The van der Waals surface area contributed by atoms with Gasteiger partial charge in [-0.05, 0) is 18.1 Å². The van der Waals surface area contributed by atoms with Gasteiger partial charge in [-0.15, -0.1) is 0 Å². The molecular weight excluding hydrogens is 372 g/mol. The predicted octanol–water partition coefficient (Wildman–Crippen LogP) is 2.17. The van der Waals surface area contributed by atoms with E-state index >= 15 is 0 Å². The fraction of sp³-hybridized carbons (Fsp3) is 0.444. The number of hydrogen-bond acceptors (Lipinski definition) is 8. The highest BCUT2D eigenvalue weighted by atomic mass is 32.2. The van der Waals surface area contributed by atoms with Crippen LogP contribution < -0.4 is 5.32 Å². The van der Waals surface area contributed by atoms with Crippen LogP contribution >= 0.6 is 11.8 Å². The number of hydrogen-bond donors (Lipinski definition) is 1. The highest BCUT2D eigenvalue weighted by Crippen LogP contribution is 2.23. The van der Waals surface area contributed by atoms with Crippen molar-refractivity contribution in [2.45, 2.75) is 31.5 Å². The molecule has 1 N–H and O–H groups in total. The molecule has 0 aliphatic heterocycles. The van der Waals surface area contributed by atoms with Crippen LogP contribution in [0.5, 0.6) is 0 Å². The molecule has 0 fully saturated rings. The lowest BCUT2D eigenvalue weighted by atomic mass is 9.99. The first-order valence-electron chi connectivity index (χ1n) is 8.45. The molecular formula is C18H22N2O6S. The van der Waals surface area contributed by atoms with Crippen LogP contribution in [0.3, 0.4) is 0 Å². The van der Waals surface area contributed by atoms with E-state index in [1.807, 2.05) is 26.0 Å². The molecule has 2 rings (SSSR count). The number of methoxy groups -OCH3 is 1. The van der Waals surface area contributed by atoms with Crippen LogP contribution in [0, 0.1) is 5.92 Å². The Morgan fingerprint density at radius 3 is 2.70 bits per heavy atom. The van der Waals surface area contributed by atoms with E-state index in [2.05, 4.69) is 10.3 Å². The number of carbonyl (C=O) groups is 3. The van der Waals surface area contributed by atoms with Crippen molar-refractivity contribution in [2.24, 2.45) is 5.92 Å². The lowest BCUT2D eigenvalue weighted by Crippen LogP contribution is -2.47. The average Bonchev–Trinajstić information content (AvgIpc) is 3.10. The monoisotopic (exact) mass is 394 g/mol. The van der Waals surface area contributed by atoms with Gasteiger partial charge in [0.15, 0.2) is 12.2 Å². The van der Waals surface area contributed by atoms with Crippen molar-refractivity contribution in [3.63, 3.8) is 0 Å². The number of ether oxygens (including phenoxy) is 2. The Morgan fingerprint density at radius 2 is 2.04 bits per heavy atom. The summed E-state index contributed by atoms with van der Waals surface area (Å²) >= 11 is 1.08. The molecule has 0 aliphatic carbocycles. The van der Waals surface area contributed by atoms with E-state index in [0.29, 0.717) is 22.7 Å². The number of para-hydroxylation sites is 2. The zero-order valence-electron chi connectivity index (χ0n) is 15.4. The second-order valence-corrected chi connectivity index (χ2v) is 6.78. The molecule has 0 bridgehead atoms. The molecule has 0 spiro atoms. The number of benzene rings is 1. The van der Waals surface area contributed by atoms with Crippen LogP contribution in [0.1, 0.15) is 20.3 Å². The van der Waals surface area contributed by atoms with Crippen LogP contribution in [0.15, 0.2) is 33.9 Å².